The molecule has 1 fully saturated rings. The van der Waals surface area contributed by atoms with Crippen LogP contribution in [0.2, 0.25) is 0 Å². The van der Waals surface area contributed by atoms with E-state index in [0.717, 1.165) is 19.3 Å². The van der Waals surface area contributed by atoms with Gasteiger partial charge in [-0.15, -0.1) is 0 Å². The van der Waals surface area contributed by atoms with E-state index < -0.39 is 23.7 Å². The van der Waals surface area contributed by atoms with Crippen molar-refractivity contribution in [1.82, 2.24) is 5.32 Å². The highest BCUT2D eigenvalue weighted by atomic mass is 16.6. The largest absolute Gasteiger partial charge is 0.458 e. The van der Waals surface area contributed by atoms with E-state index in [4.69, 9.17) is 14.2 Å². The van der Waals surface area contributed by atoms with Crippen LogP contribution >= 0.6 is 0 Å². The van der Waals surface area contributed by atoms with Gasteiger partial charge in [-0.25, -0.2) is 9.59 Å². The van der Waals surface area contributed by atoms with Gasteiger partial charge in [-0.05, 0) is 52.4 Å². The summed E-state index contributed by atoms with van der Waals surface area (Å²) in [5.74, 6) is 0.333. The summed E-state index contributed by atoms with van der Waals surface area (Å²) >= 11 is 0. The zero-order valence-electron chi connectivity index (χ0n) is 17.5. The quantitative estimate of drug-likeness (QED) is 0.738. The van der Waals surface area contributed by atoms with Gasteiger partial charge in [0.15, 0.2) is 0 Å². The van der Waals surface area contributed by atoms with Crippen LogP contribution in [0.25, 0.3) is 0 Å². The standard InChI is InChI=1S/C20H37NO5/c1-8-15-10-9-11-16(21-19(23)26-20(5,6)7)18(22)25-14(4)17(15)24-12-13(2)3/h13-17H,8-12H2,1-7H3,(H,21,23)/t14-,15-,16-,17-/m0/s1. The number of hydrogen-bond donors (Lipinski definition) is 1. The van der Waals surface area contributed by atoms with Gasteiger partial charge in [-0.3, -0.25) is 0 Å². The summed E-state index contributed by atoms with van der Waals surface area (Å²) < 4.78 is 17.0. The number of carbonyl (C=O) groups is 2. The van der Waals surface area contributed by atoms with E-state index in [2.05, 4.69) is 26.1 Å². The normalized spacial score (nSPS) is 27.9. The van der Waals surface area contributed by atoms with Crippen LogP contribution in [0.4, 0.5) is 4.79 Å². The summed E-state index contributed by atoms with van der Waals surface area (Å²) in [5.41, 5.74) is -0.608. The summed E-state index contributed by atoms with van der Waals surface area (Å²) in [6.07, 6.45) is 2.20. The Bertz CT molecular complexity index is 458. The Kier molecular flexibility index (Phi) is 8.87. The molecule has 0 aromatic heterocycles. The van der Waals surface area contributed by atoms with Crippen molar-refractivity contribution in [2.24, 2.45) is 11.8 Å². The van der Waals surface area contributed by atoms with Crippen molar-refractivity contribution in [3.63, 3.8) is 0 Å². The molecule has 1 aliphatic rings. The number of amides is 1. The van der Waals surface area contributed by atoms with Gasteiger partial charge in [0.05, 0.1) is 6.10 Å². The van der Waals surface area contributed by atoms with Crippen molar-refractivity contribution in [2.45, 2.75) is 98.0 Å². The van der Waals surface area contributed by atoms with E-state index in [-0.39, 0.29) is 12.2 Å². The lowest BCUT2D eigenvalue weighted by atomic mass is 9.90. The lowest BCUT2D eigenvalue weighted by Gasteiger charge is -2.31. The Morgan fingerprint density at radius 2 is 1.96 bits per heavy atom. The first kappa shape index (κ1) is 22.7. The molecular formula is C20H37NO5. The van der Waals surface area contributed by atoms with Gasteiger partial charge in [0.25, 0.3) is 0 Å². The third-order valence-corrected chi connectivity index (χ3v) is 4.42. The molecule has 0 aromatic carbocycles. The van der Waals surface area contributed by atoms with Crippen molar-refractivity contribution in [2.75, 3.05) is 6.61 Å². The van der Waals surface area contributed by atoms with Crippen LogP contribution in [-0.4, -0.2) is 42.5 Å². The number of carbonyl (C=O) groups excluding carboxylic acids is 2. The van der Waals surface area contributed by atoms with E-state index in [1.807, 2.05) is 6.92 Å². The van der Waals surface area contributed by atoms with E-state index in [1.165, 1.54) is 0 Å². The van der Waals surface area contributed by atoms with Gasteiger partial charge >= 0.3 is 12.1 Å². The van der Waals surface area contributed by atoms with Crippen molar-refractivity contribution in [1.29, 1.82) is 0 Å². The van der Waals surface area contributed by atoms with Gasteiger partial charge in [0, 0.05) is 6.61 Å². The third kappa shape index (κ3) is 7.94. The van der Waals surface area contributed by atoms with Crippen molar-refractivity contribution < 1.29 is 23.8 Å². The zero-order valence-corrected chi connectivity index (χ0v) is 17.5. The molecule has 0 bridgehead atoms. The monoisotopic (exact) mass is 371 g/mol. The molecule has 0 saturated carbocycles. The molecule has 6 nitrogen and oxygen atoms in total. The molecule has 152 valence electrons. The first-order chi connectivity index (χ1) is 12.0. The molecule has 1 heterocycles. The highest BCUT2D eigenvalue weighted by Gasteiger charge is 2.34. The minimum Gasteiger partial charge on any atom is -0.458 e. The number of esters is 1. The molecule has 0 aliphatic carbocycles. The third-order valence-electron chi connectivity index (χ3n) is 4.42. The molecule has 1 N–H and O–H groups in total. The van der Waals surface area contributed by atoms with Crippen LogP contribution in [0, 0.1) is 11.8 Å². The number of cyclic esters (lactones) is 1. The highest BCUT2D eigenvalue weighted by Crippen LogP contribution is 2.27. The number of alkyl carbamates (subject to hydrolysis) is 1. The fraction of sp³-hybridized carbons (Fsp3) is 0.900. The molecule has 0 aromatic rings. The Hall–Kier alpha value is -1.30. The van der Waals surface area contributed by atoms with Gasteiger partial charge in [0.1, 0.15) is 17.7 Å². The second kappa shape index (κ2) is 10.1. The second-order valence-corrected chi connectivity index (χ2v) is 8.63. The first-order valence-electron chi connectivity index (χ1n) is 9.85. The van der Waals surface area contributed by atoms with E-state index in [1.54, 1.807) is 20.8 Å². The number of nitrogens with one attached hydrogen (secondary N) is 1. The van der Waals surface area contributed by atoms with Gasteiger partial charge in [-0.2, -0.15) is 0 Å². The van der Waals surface area contributed by atoms with Crippen LogP contribution in [0.1, 0.15) is 74.1 Å². The van der Waals surface area contributed by atoms with Crippen LogP contribution in [-0.2, 0) is 19.0 Å². The Morgan fingerprint density at radius 3 is 2.50 bits per heavy atom. The fourth-order valence-electron chi connectivity index (χ4n) is 3.17. The van der Waals surface area contributed by atoms with Crippen LogP contribution in [0.5, 0.6) is 0 Å². The summed E-state index contributed by atoms with van der Waals surface area (Å²) in [7, 11) is 0. The molecule has 0 spiro atoms. The lowest BCUT2D eigenvalue weighted by Crippen LogP contribution is -2.46. The Morgan fingerprint density at radius 1 is 1.31 bits per heavy atom. The molecule has 26 heavy (non-hydrogen) atoms. The number of hydrogen-bond acceptors (Lipinski definition) is 5. The smallest absolute Gasteiger partial charge is 0.408 e. The minimum atomic E-state index is -0.686. The average molecular weight is 372 g/mol. The SMILES string of the molecule is CC[C@H]1CCC[C@H](NC(=O)OC(C)(C)C)C(=O)O[C@@H](C)[C@@H]1OCC(C)C. The second-order valence-electron chi connectivity index (χ2n) is 8.63. The summed E-state index contributed by atoms with van der Waals surface area (Å²) in [6.45, 7) is 14.2. The van der Waals surface area contributed by atoms with Crippen LogP contribution in [0.15, 0.2) is 0 Å². The van der Waals surface area contributed by atoms with Crippen LogP contribution in [0.3, 0.4) is 0 Å². The zero-order chi connectivity index (χ0) is 19.9. The molecule has 1 aliphatic heterocycles. The average Bonchev–Trinajstić information content (AvgIpc) is 2.53. The summed E-state index contributed by atoms with van der Waals surface area (Å²) in [4.78, 5) is 24.6. The van der Waals surface area contributed by atoms with Gasteiger partial charge in [0.2, 0.25) is 0 Å². The fourth-order valence-corrected chi connectivity index (χ4v) is 3.17. The number of rotatable bonds is 5. The molecule has 0 unspecified atom stereocenters. The topological polar surface area (TPSA) is 73.9 Å². The Balaban J connectivity index is 2.80. The van der Waals surface area contributed by atoms with Crippen LogP contribution < -0.4 is 5.32 Å². The Labute approximate surface area is 158 Å². The summed E-state index contributed by atoms with van der Waals surface area (Å²) in [5, 5.41) is 2.66. The van der Waals surface area contributed by atoms with Gasteiger partial charge in [-0.1, -0.05) is 33.6 Å². The number of ether oxygens (including phenoxy) is 3. The maximum atomic E-state index is 12.6. The molecule has 0 radical (unpaired) electrons. The highest BCUT2D eigenvalue weighted by molar-refractivity contribution is 5.81. The molecule has 1 rings (SSSR count). The first-order valence-corrected chi connectivity index (χ1v) is 9.85. The predicted molar refractivity (Wildman–Crippen MR) is 101 cm³/mol. The lowest BCUT2D eigenvalue weighted by molar-refractivity contribution is -0.161. The van der Waals surface area contributed by atoms with Crippen molar-refractivity contribution in [3.8, 4) is 0 Å². The molecule has 4 atom stereocenters. The van der Waals surface area contributed by atoms with Crippen molar-refractivity contribution >= 4 is 12.1 Å². The molecule has 1 saturated heterocycles. The molecular weight excluding hydrogens is 334 g/mol. The van der Waals surface area contributed by atoms with E-state index >= 15 is 0 Å². The maximum absolute atomic E-state index is 12.6. The van der Waals surface area contributed by atoms with E-state index in [9.17, 15) is 9.59 Å². The summed E-state index contributed by atoms with van der Waals surface area (Å²) in [6, 6.07) is -0.686. The maximum Gasteiger partial charge on any atom is 0.408 e. The minimum absolute atomic E-state index is 0.119. The molecule has 6 heteroatoms. The van der Waals surface area contributed by atoms with Crippen molar-refractivity contribution in [3.05, 3.63) is 0 Å². The van der Waals surface area contributed by atoms with Gasteiger partial charge < -0.3 is 19.5 Å². The van der Waals surface area contributed by atoms with E-state index in [0.29, 0.717) is 24.9 Å². The molecule has 1 amide bonds. The predicted octanol–water partition coefficient (Wildman–Crippen LogP) is 4.06.